The number of carboxylic acids is 1. The van der Waals surface area contributed by atoms with Crippen molar-refractivity contribution >= 4 is 149 Å². The number of phenols is 1. The van der Waals surface area contributed by atoms with E-state index in [0.29, 0.717) is 57.9 Å². The van der Waals surface area contributed by atoms with Gasteiger partial charge in [0, 0.05) is 44.0 Å². The quantitative estimate of drug-likeness (QED) is 0.0122. The number of carbonyl (C=O) groups is 1. The van der Waals surface area contributed by atoms with Crippen molar-refractivity contribution in [1.29, 1.82) is 0 Å². The number of azo groups is 3. The molecule has 32 nitrogen and oxygen atoms in total. The Labute approximate surface area is 506 Å². The van der Waals surface area contributed by atoms with Crippen LogP contribution in [0.25, 0.3) is 65.8 Å². The largest absolute Gasteiger partial charge is 0.505 e. The molecule has 89 heavy (non-hydrogen) atoms. The normalized spacial score (nSPS) is 12.6. The number of aromatic nitrogens is 6. The zero-order valence-electron chi connectivity index (χ0n) is 44.9. The van der Waals surface area contributed by atoms with Gasteiger partial charge in [-0.2, -0.15) is 45.4 Å². The molecule has 0 atom stereocenters. The summed E-state index contributed by atoms with van der Waals surface area (Å²) in [7, 11) is -11.9. The van der Waals surface area contributed by atoms with Crippen LogP contribution >= 0.6 is 24.1 Å². The van der Waals surface area contributed by atoms with Gasteiger partial charge in [-0.1, -0.05) is 22.2 Å². The minimum atomic E-state index is -4.99. The van der Waals surface area contributed by atoms with Crippen molar-refractivity contribution in [3.8, 4) is 28.6 Å². The Bertz CT molecular complexity index is 5220. The van der Waals surface area contributed by atoms with Gasteiger partial charge >= 0.3 is 5.97 Å². The van der Waals surface area contributed by atoms with Gasteiger partial charge in [0.05, 0.1) is 81.3 Å². The van der Waals surface area contributed by atoms with Gasteiger partial charge in [-0.25, -0.2) is 15.3 Å². The van der Waals surface area contributed by atoms with Gasteiger partial charge in [0.1, 0.15) is 61.2 Å². The van der Waals surface area contributed by atoms with Gasteiger partial charge in [0.25, 0.3) is 30.4 Å². The molecule has 7 N–H and O–H groups in total. The van der Waals surface area contributed by atoms with Gasteiger partial charge in [0.15, 0.2) is 5.75 Å². The molecule has 11 rings (SSSR count). The van der Waals surface area contributed by atoms with Gasteiger partial charge in [-0.3, -0.25) is 13.7 Å². The molecule has 9 aromatic carbocycles. The lowest BCUT2D eigenvalue weighted by Gasteiger charge is -2.11. The maximum atomic E-state index is 12.6. The monoisotopic (exact) mass is 1310 g/mol. The highest BCUT2D eigenvalue weighted by atomic mass is 32.2. The molecular formula is C52H36N12O20S5. The molecule has 11 aromatic rings. The molecule has 0 saturated carbocycles. The maximum absolute atomic E-state index is 12.6. The highest BCUT2D eigenvalue weighted by Gasteiger charge is 2.25. The first-order valence-corrected chi connectivity index (χ1v) is 30.4. The predicted molar refractivity (Wildman–Crippen MR) is 313 cm³/mol. The van der Waals surface area contributed by atoms with E-state index in [0.717, 1.165) is 27.8 Å². The lowest BCUT2D eigenvalue weighted by molar-refractivity contribution is -0.432. The predicted octanol–water partition coefficient (Wildman–Crippen LogP) is 12.2. The van der Waals surface area contributed by atoms with E-state index in [2.05, 4.69) is 65.5 Å². The summed E-state index contributed by atoms with van der Waals surface area (Å²) in [5, 5.41) is 91.9. The molecule has 37 heteroatoms. The molecule has 0 aliphatic rings. The van der Waals surface area contributed by atoms with Gasteiger partial charge in [-0.05, 0) is 115 Å². The van der Waals surface area contributed by atoms with Crippen LogP contribution in [-0.2, 0) is 49.1 Å². The van der Waals surface area contributed by atoms with E-state index >= 15 is 0 Å². The van der Waals surface area contributed by atoms with Crippen molar-refractivity contribution < 1.29 is 92.7 Å². The molecule has 0 saturated heterocycles. The summed E-state index contributed by atoms with van der Waals surface area (Å²) in [4.78, 5) is 12.8. The number of phenolic OH excluding ortho intramolecular Hbond substituents is 1. The smallest absolute Gasteiger partial charge is 0.338 e. The van der Waals surface area contributed by atoms with E-state index in [9.17, 15) is 53.9 Å². The number of fused-ring (bicyclic) bond motifs is 7. The minimum Gasteiger partial charge on any atom is -0.505 e. The summed E-state index contributed by atoms with van der Waals surface area (Å²) in [5.41, 5.74) is 2.19. The third-order valence-electron chi connectivity index (χ3n) is 13.2. The Hall–Kier alpha value is -9.58. The molecule has 0 unspecified atom stereocenters. The summed E-state index contributed by atoms with van der Waals surface area (Å²) < 4.78 is 123. The topological polar surface area (TPSA) is 452 Å². The summed E-state index contributed by atoms with van der Waals surface area (Å²) >= 11 is 0.904. The van der Waals surface area contributed by atoms with Gasteiger partial charge in [0.2, 0.25) is 0 Å². The number of hydrogen-bond acceptors (Lipinski definition) is 28. The number of hydrogen-bond donors (Lipinski definition) is 7. The Morgan fingerprint density at radius 1 is 0.528 bits per heavy atom. The van der Waals surface area contributed by atoms with Crippen molar-refractivity contribution in [3.05, 3.63) is 132 Å². The lowest BCUT2D eigenvalue weighted by Crippen LogP contribution is -2.07. The van der Waals surface area contributed by atoms with Gasteiger partial charge in [-0.15, -0.1) is 49.2 Å². The van der Waals surface area contributed by atoms with Crippen LogP contribution < -0.4 is 9.47 Å². The highest BCUT2D eigenvalue weighted by molar-refractivity contribution is 7.95. The van der Waals surface area contributed by atoms with Crippen molar-refractivity contribution in [3.63, 3.8) is 0 Å². The molecule has 0 aliphatic heterocycles. The average Bonchev–Trinajstić information content (AvgIpc) is 1.76. The van der Waals surface area contributed by atoms with Crippen LogP contribution in [0.1, 0.15) is 15.9 Å². The van der Waals surface area contributed by atoms with E-state index in [1.54, 1.807) is 31.2 Å². The summed E-state index contributed by atoms with van der Waals surface area (Å²) in [6, 6.07) is 27.6. The van der Waals surface area contributed by atoms with E-state index in [-0.39, 0.29) is 105 Å². The number of aromatic carboxylic acids is 1. The third-order valence-corrected chi connectivity index (χ3v) is 17.0. The molecule has 0 aliphatic carbocycles. The van der Waals surface area contributed by atoms with Crippen LogP contribution in [0.5, 0.6) is 17.2 Å². The first-order valence-electron chi connectivity index (χ1n) is 24.6. The highest BCUT2D eigenvalue weighted by Crippen LogP contribution is 2.47. The molecular weight excluding hydrogens is 1270 g/mol. The number of nitrogens with zero attached hydrogens (tertiary/aromatic N) is 12. The zero-order valence-corrected chi connectivity index (χ0v) is 49.0. The van der Waals surface area contributed by atoms with E-state index in [1.165, 1.54) is 87.0 Å². The van der Waals surface area contributed by atoms with Crippen LogP contribution in [0, 0.1) is 6.92 Å². The SMILES string of the molecule is COc1cc(N=Nc2c(SOOO)cc3cc(-n4nc5ccc6c(S(=O)(=O)O)cc(S(=O)(=O)O)cc6c5n4)ccc3c2O)c(OC)cc1N=Nc1ccc(N=Nc2ccc(-n3nc4ccc5c(SOOO)cc(S(=O)(=O)O)cc5c4n3)c(C(=O)O)c2)c(C)c1. The van der Waals surface area contributed by atoms with E-state index < -0.39 is 56.8 Å². The Kier molecular flexibility index (Phi) is 16.6. The number of aryl methyl sites for hydroxylation is 1. The molecule has 0 bridgehead atoms. The minimum absolute atomic E-state index is 0.00128. The van der Waals surface area contributed by atoms with Gasteiger partial charge < -0.3 is 19.7 Å². The zero-order chi connectivity index (χ0) is 63.3. The second-order valence-electron chi connectivity index (χ2n) is 18.5. The molecule has 2 aromatic heterocycles. The molecule has 0 spiro atoms. The van der Waals surface area contributed by atoms with Crippen molar-refractivity contribution in [2.24, 2.45) is 30.7 Å². The second kappa shape index (κ2) is 24.2. The fourth-order valence-corrected chi connectivity index (χ4v) is 12.1. The number of methoxy groups -OCH3 is 2. The first-order chi connectivity index (χ1) is 42.4. The third kappa shape index (κ3) is 12.4. The summed E-state index contributed by atoms with van der Waals surface area (Å²) in [6.07, 6.45) is 0. The Morgan fingerprint density at radius 2 is 1.08 bits per heavy atom. The molecule has 0 amide bonds. The Balaban J connectivity index is 0.831. The average molecular weight is 1310 g/mol. The lowest BCUT2D eigenvalue weighted by atomic mass is 10.1. The van der Waals surface area contributed by atoms with Crippen molar-refractivity contribution in [2.45, 2.75) is 31.4 Å². The number of aromatic hydroxyl groups is 1. The van der Waals surface area contributed by atoms with E-state index in [1.807, 2.05) is 0 Å². The number of ether oxygens (including phenoxy) is 2. The molecule has 0 radical (unpaired) electrons. The Morgan fingerprint density at radius 3 is 1.69 bits per heavy atom. The fourth-order valence-electron chi connectivity index (χ4n) is 9.13. The van der Waals surface area contributed by atoms with Crippen LogP contribution in [-0.4, -0.2) is 110 Å². The van der Waals surface area contributed by atoms with Crippen molar-refractivity contribution in [1.82, 2.24) is 30.0 Å². The number of carboxylic acid groups (broad SMARTS) is 1. The van der Waals surface area contributed by atoms with Crippen LogP contribution in [0.4, 0.5) is 34.1 Å². The summed E-state index contributed by atoms with van der Waals surface area (Å²) in [6.45, 7) is 1.73. The van der Waals surface area contributed by atoms with Crippen LogP contribution in [0.2, 0.25) is 0 Å². The van der Waals surface area contributed by atoms with Crippen molar-refractivity contribution in [2.75, 3.05) is 14.2 Å². The van der Waals surface area contributed by atoms with Crippen LogP contribution in [0.15, 0.2) is 176 Å². The number of rotatable bonds is 20. The number of benzene rings is 9. The molecule has 0 fully saturated rings. The summed E-state index contributed by atoms with van der Waals surface area (Å²) in [5.74, 6) is -1.48. The van der Waals surface area contributed by atoms with E-state index in [4.69, 9.17) is 24.3 Å². The molecule has 454 valence electrons. The fraction of sp³-hybridized carbons (Fsp3) is 0.0577. The molecule has 2 heterocycles. The maximum Gasteiger partial charge on any atom is 0.338 e. The second-order valence-corrected chi connectivity index (χ2v) is 24.2. The standard InChI is InChI=1S/C52H36N12O20S5/c1-24-14-26(4-10-37(24)55-54-27-5-13-42(36(17-27)52(66)67)64-60-39-11-8-32-34(48(39)62-64)18-29(87(70,71)72)20-45(32)85-83-81-68)53-56-40-22-44(80-3)41(23-43(40)79-2)57-58-50-46(86-84-82-69)16-25-15-28(6-7-31(25)51(50)65)63-59-38-12-9-33-35(49(38)61-63)19-30(88(73,74)75)21-47(33)89(76,77)78/h4-23,65,68-69H,1-3H3,(H,66,67)(H,70,71,72)(H,73,74,75)(H,76,77,78). The first kappa shape index (κ1) is 61.1. The van der Waals surface area contributed by atoms with Crippen LogP contribution in [0.3, 0.4) is 0 Å².